The van der Waals surface area contributed by atoms with E-state index in [-0.39, 0.29) is 17.9 Å². The first-order valence-corrected chi connectivity index (χ1v) is 7.12. The van der Waals surface area contributed by atoms with Gasteiger partial charge in [0.15, 0.2) is 0 Å². The second-order valence-electron chi connectivity index (χ2n) is 4.70. The first-order chi connectivity index (χ1) is 9.15. The van der Waals surface area contributed by atoms with Crippen molar-refractivity contribution in [2.45, 2.75) is 25.3 Å². The average Bonchev–Trinajstić information content (AvgIpc) is 2.88. The normalized spacial score (nSPS) is 21.7. The molecule has 0 saturated heterocycles. The Morgan fingerprint density at radius 2 is 2.26 bits per heavy atom. The summed E-state index contributed by atoms with van der Waals surface area (Å²) in [6, 6.07) is 7.84. The van der Waals surface area contributed by atoms with Crippen molar-refractivity contribution in [2.24, 2.45) is 5.92 Å². The van der Waals surface area contributed by atoms with Gasteiger partial charge in [0.25, 0.3) is 0 Å². The van der Waals surface area contributed by atoms with Crippen molar-refractivity contribution < 1.29 is 4.79 Å². The molecule has 1 fully saturated rings. The fourth-order valence-corrected chi connectivity index (χ4v) is 2.93. The molecule has 1 aliphatic rings. The second kappa shape index (κ2) is 6.07. The first kappa shape index (κ1) is 13.9. The molecule has 0 heterocycles. The van der Waals surface area contributed by atoms with Gasteiger partial charge in [-0.1, -0.05) is 22.4 Å². The van der Waals surface area contributed by atoms with E-state index in [1.54, 1.807) is 13.1 Å². The maximum absolute atomic E-state index is 11.8. The van der Waals surface area contributed by atoms with Crippen LogP contribution in [0.4, 0.5) is 5.69 Å². The topological polar surface area (TPSA) is 64.9 Å². The Morgan fingerprint density at radius 3 is 2.95 bits per heavy atom. The van der Waals surface area contributed by atoms with Gasteiger partial charge in [0.1, 0.15) is 6.07 Å². The molecule has 0 aromatic heterocycles. The van der Waals surface area contributed by atoms with Crippen LogP contribution in [-0.4, -0.2) is 19.0 Å². The van der Waals surface area contributed by atoms with Crippen molar-refractivity contribution >= 4 is 27.5 Å². The number of amides is 1. The largest absolute Gasteiger partial charge is 0.380 e. The molecule has 1 saturated carbocycles. The zero-order valence-corrected chi connectivity index (χ0v) is 12.3. The number of benzene rings is 1. The molecular formula is C14H16BrN3O. The third-order valence-electron chi connectivity index (χ3n) is 3.54. The molecule has 0 unspecified atom stereocenters. The number of hydrogen-bond donors (Lipinski definition) is 2. The van der Waals surface area contributed by atoms with Gasteiger partial charge < -0.3 is 10.6 Å². The molecule has 1 aliphatic carbocycles. The molecule has 4 nitrogen and oxygen atoms in total. The molecule has 0 bridgehead atoms. The summed E-state index contributed by atoms with van der Waals surface area (Å²) in [5, 5.41) is 15.2. The molecule has 5 heteroatoms. The average molecular weight is 322 g/mol. The summed E-state index contributed by atoms with van der Waals surface area (Å²) in [6.07, 6.45) is 2.89. The summed E-state index contributed by atoms with van der Waals surface area (Å²) in [7, 11) is 1.66. The van der Waals surface area contributed by atoms with E-state index in [0.717, 1.165) is 29.4 Å². The minimum absolute atomic E-state index is 0.0137. The highest BCUT2D eigenvalue weighted by molar-refractivity contribution is 9.10. The van der Waals surface area contributed by atoms with Crippen LogP contribution in [0, 0.1) is 17.2 Å². The molecule has 1 aromatic rings. The van der Waals surface area contributed by atoms with E-state index in [9.17, 15) is 4.79 Å². The Hall–Kier alpha value is -1.54. The lowest BCUT2D eigenvalue weighted by atomic mass is 10.0. The predicted molar refractivity (Wildman–Crippen MR) is 77.7 cm³/mol. The van der Waals surface area contributed by atoms with Crippen LogP contribution in [0.1, 0.15) is 24.8 Å². The molecule has 2 N–H and O–H groups in total. The van der Waals surface area contributed by atoms with Crippen molar-refractivity contribution in [3.05, 3.63) is 28.2 Å². The van der Waals surface area contributed by atoms with Gasteiger partial charge in [-0.25, -0.2) is 0 Å². The number of nitriles is 1. The first-order valence-electron chi connectivity index (χ1n) is 6.33. The number of hydrogen-bond acceptors (Lipinski definition) is 3. The minimum Gasteiger partial charge on any atom is -0.380 e. The maximum Gasteiger partial charge on any atom is 0.224 e. The molecule has 100 valence electrons. The number of rotatable bonds is 3. The molecule has 0 aliphatic heterocycles. The molecular weight excluding hydrogens is 306 g/mol. The van der Waals surface area contributed by atoms with Crippen LogP contribution in [0.15, 0.2) is 22.7 Å². The van der Waals surface area contributed by atoms with Crippen LogP contribution in [0.3, 0.4) is 0 Å². The lowest BCUT2D eigenvalue weighted by Gasteiger charge is -2.21. The van der Waals surface area contributed by atoms with Gasteiger partial charge in [-0.15, -0.1) is 0 Å². The third-order valence-corrected chi connectivity index (χ3v) is 4.04. The van der Waals surface area contributed by atoms with E-state index in [1.165, 1.54) is 0 Å². The predicted octanol–water partition coefficient (Wildman–Crippen LogP) is 2.65. The summed E-state index contributed by atoms with van der Waals surface area (Å²) in [5.41, 5.74) is 1.39. The Labute approximate surface area is 121 Å². The van der Waals surface area contributed by atoms with Gasteiger partial charge in [-0.2, -0.15) is 5.26 Å². The van der Waals surface area contributed by atoms with E-state index >= 15 is 0 Å². The Balaban J connectivity index is 2.17. The van der Waals surface area contributed by atoms with E-state index in [0.29, 0.717) is 5.56 Å². The van der Waals surface area contributed by atoms with Gasteiger partial charge in [0.05, 0.1) is 17.2 Å². The van der Waals surface area contributed by atoms with E-state index < -0.39 is 0 Å². The van der Waals surface area contributed by atoms with Crippen LogP contribution < -0.4 is 10.6 Å². The molecule has 1 amide bonds. The molecule has 0 spiro atoms. The van der Waals surface area contributed by atoms with E-state index in [2.05, 4.69) is 32.6 Å². The van der Waals surface area contributed by atoms with E-state index in [1.807, 2.05) is 12.1 Å². The van der Waals surface area contributed by atoms with Crippen molar-refractivity contribution in [3.63, 3.8) is 0 Å². The lowest BCUT2D eigenvalue weighted by molar-refractivity contribution is -0.124. The van der Waals surface area contributed by atoms with Gasteiger partial charge in [0, 0.05) is 17.6 Å². The van der Waals surface area contributed by atoms with Crippen LogP contribution >= 0.6 is 15.9 Å². The van der Waals surface area contributed by atoms with Gasteiger partial charge in [-0.05, 0) is 31.0 Å². The number of anilines is 1. The number of halogens is 1. The van der Waals surface area contributed by atoms with Crippen LogP contribution in [0.25, 0.3) is 0 Å². The Kier molecular flexibility index (Phi) is 4.43. The molecule has 0 radical (unpaired) electrons. The fraction of sp³-hybridized carbons (Fsp3) is 0.429. The molecule has 2 rings (SSSR count). The molecule has 2 atom stereocenters. The van der Waals surface area contributed by atoms with E-state index in [4.69, 9.17) is 5.26 Å². The van der Waals surface area contributed by atoms with Crippen molar-refractivity contribution in [1.29, 1.82) is 5.26 Å². The highest BCUT2D eigenvalue weighted by atomic mass is 79.9. The van der Waals surface area contributed by atoms with Gasteiger partial charge in [0.2, 0.25) is 5.91 Å². The summed E-state index contributed by atoms with van der Waals surface area (Å²) in [4.78, 5) is 11.8. The maximum atomic E-state index is 11.8. The summed E-state index contributed by atoms with van der Waals surface area (Å²) in [6.45, 7) is 0. The van der Waals surface area contributed by atoms with Crippen LogP contribution in [0.5, 0.6) is 0 Å². The second-order valence-corrected chi connectivity index (χ2v) is 5.62. The minimum atomic E-state index is -0.0137. The SMILES string of the molecule is CNC(=O)[C@@H]1CCC[C@H]1Nc1ccc(Br)cc1C#N. The number of nitrogens with zero attached hydrogens (tertiary/aromatic N) is 1. The fourth-order valence-electron chi connectivity index (χ4n) is 2.57. The van der Waals surface area contributed by atoms with Gasteiger partial charge >= 0.3 is 0 Å². The third kappa shape index (κ3) is 3.07. The van der Waals surface area contributed by atoms with Crippen molar-refractivity contribution in [1.82, 2.24) is 5.32 Å². The Bertz CT molecular complexity index is 524. The number of carbonyl (C=O) groups excluding carboxylic acids is 1. The van der Waals surface area contributed by atoms with Crippen LogP contribution in [-0.2, 0) is 4.79 Å². The summed E-state index contributed by atoms with van der Waals surface area (Å²) in [5.74, 6) is 0.0609. The van der Waals surface area contributed by atoms with Gasteiger partial charge in [-0.3, -0.25) is 4.79 Å². The summed E-state index contributed by atoms with van der Waals surface area (Å²) >= 11 is 3.35. The quantitative estimate of drug-likeness (QED) is 0.899. The monoisotopic (exact) mass is 321 g/mol. The number of carbonyl (C=O) groups is 1. The standard InChI is InChI=1S/C14H16BrN3O/c1-17-14(19)11-3-2-4-13(11)18-12-6-5-10(15)7-9(12)8-16/h5-7,11,13,18H,2-4H2,1H3,(H,17,19)/t11-,13-/m1/s1. The zero-order chi connectivity index (χ0) is 13.8. The Morgan fingerprint density at radius 1 is 1.47 bits per heavy atom. The number of nitrogens with one attached hydrogen (secondary N) is 2. The summed E-state index contributed by atoms with van der Waals surface area (Å²) < 4.78 is 0.879. The molecule has 19 heavy (non-hydrogen) atoms. The highest BCUT2D eigenvalue weighted by Gasteiger charge is 2.32. The van der Waals surface area contributed by atoms with Crippen molar-refractivity contribution in [3.8, 4) is 6.07 Å². The molecule has 1 aromatic carbocycles. The highest BCUT2D eigenvalue weighted by Crippen LogP contribution is 2.30. The van der Waals surface area contributed by atoms with Crippen LogP contribution in [0.2, 0.25) is 0 Å². The lowest BCUT2D eigenvalue weighted by Crippen LogP contribution is -2.36. The zero-order valence-electron chi connectivity index (χ0n) is 10.7. The van der Waals surface area contributed by atoms with Crippen molar-refractivity contribution in [2.75, 3.05) is 12.4 Å². The smallest absolute Gasteiger partial charge is 0.224 e.